The summed E-state index contributed by atoms with van der Waals surface area (Å²) in [5, 5.41) is 5.77. The van der Waals surface area contributed by atoms with Gasteiger partial charge in [-0.1, -0.05) is 11.6 Å². The maximum atomic E-state index is 12.2. The van der Waals surface area contributed by atoms with Crippen molar-refractivity contribution in [1.82, 2.24) is 4.98 Å². The molecule has 0 spiro atoms. The first-order chi connectivity index (χ1) is 12.7. The highest BCUT2D eigenvalue weighted by Gasteiger charge is 2.38. The van der Waals surface area contributed by atoms with Crippen molar-refractivity contribution in [3.63, 3.8) is 0 Å². The van der Waals surface area contributed by atoms with E-state index in [0.29, 0.717) is 10.7 Å². The molecule has 3 N–H and O–H groups in total. The fourth-order valence-electron chi connectivity index (χ4n) is 2.51. The molecule has 3 rings (SSSR count). The second-order valence-corrected chi connectivity index (χ2v) is 6.19. The predicted octanol–water partition coefficient (Wildman–Crippen LogP) is 4.50. The number of nitrogens with one attached hydrogen (secondary N) is 3. The van der Waals surface area contributed by atoms with Gasteiger partial charge in [-0.15, -0.1) is 0 Å². The van der Waals surface area contributed by atoms with Crippen LogP contribution in [0.25, 0.3) is 10.9 Å². The van der Waals surface area contributed by atoms with E-state index in [1.165, 1.54) is 24.3 Å². The Kier molecular flexibility index (Phi) is 5.09. The van der Waals surface area contributed by atoms with Gasteiger partial charge in [-0.05, 0) is 48.0 Å². The Morgan fingerprint density at radius 3 is 2.26 bits per heavy atom. The number of aromatic amines is 1. The van der Waals surface area contributed by atoms with Crippen molar-refractivity contribution in [3.05, 3.63) is 59.2 Å². The molecule has 0 saturated heterocycles. The van der Waals surface area contributed by atoms with Gasteiger partial charge in [0.05, 0.1) is 6.42 Å². The third-order valence-corrected chi connectivity index (χ3v) is 4.00. The zero-order valence-electron chi connectivity index (χ0n) is 13.7. The third kappa shape index (κ3) is 4.59. The van der Waals surface area contributed by atoms with Gasteiger partial charge in [0.2, 0.25) is 5.91 Å². The van der Waals surface area contributed by atoms with Crippen LogP contribution < -0.4 is 10.6 Å². The summed E-state index contributed by atoms with van der Waals surface area (Å²) in [5.41, 5.74) is 1.98. The summed E-state index contributed by atoms with van der Waals surface area (Å²) >= 11 is 5.98. The molecule has 9 heteroatoms. The lowest BCUT2D eigenvalue weighted by atomic mass is 10.1. The highest BCUT2D eigenvalue weighted by molar-refractivity contribution is 6.31. The maximum Gasteiger partial charge on any atom is 0.471 e. The van der Waals surface area contributed by atoms with Crippen molar-refractivity contribution in [2.45, 2.75) is 12.6 Å². The lowest BCUT2D eigenvalue weighted by Gasteiger charge is -2.09. The smallest absolute Gasteiger partial charge is 0.361 e. The standard InChI is InChI=1S/C18H13ClF3N3O2/c19-11-1-6-15-14(8-11)10(9-23-15)7-16(26)24-12-2-4-13(5-3-12)25-17(27)18(20,21)22/h1-6,8-9,23H,7H2,(H,24,26)(H,25,27). The van der Waals surface area contributed by atoms with Crippen molar-refractivity contribution < 1.29 is 22.8 Å². The zero-order chi connectivity index (χ0) is 19.6. The van der Waals surface area contributed by atoms with Crippen molar-refractivity contribution in [3.8, 4) is 0 Å². The monoisotopic (exact) mass is 395 g/mol. The normalized spacial score (nSPS) is 11.4. The Balaban J connectivity index is 1.64. The summed E-state index contributed by atoms with van der Waals surface area (Å²) in [6.45, 7) is 0. The summed E-state index contributed by atoms with van der Waals surface area (Å²) in [6, 6.07) is 10.6. The van der Waals surface area contributed by atoms with Crippen LogP contribution in [0.3, 0.4) is 0 Å². The number of benzene rings is 2. The molecule has 1 aromatic heterocycles. The number of hydrogen-bond acceptors (Lipinski definition) is 2. The van der Waals surface area contributed by atoms with E-state index in [2.05, 4.69) is 10.3 Å². The Labute approximate surface area is 156 Å². The van der Waals surface area contributed by atoms with E-state index in [1.807, 2.05) is 6.07 Å². The van der Waals surface area contributed by atoms with E-state index in [0.717, 1.165) is 16.5 Å². The Bertz CT molecular complexity index is 997. The fourth-order valence-corrected chi connectivity index (χ4v) is 2.69. The van der Waals surface area contributed by atoms with Crippen LogP contribution in [0.5, 0.6) is 0 Å². The molecule has 27 heavy (non-hydrogen) atoms. The number of fused-ring (bicyclic) bond motifs is 1. The number of carbonyl (C=O) groups excluding carboxylic acids is 2. The topological polar surface area (TPSA) is 74.0 Å². The highest BCUT2D eigenvalue weighted by atomic mass is 35.5. The van der Waals surface area contributed by atoms with Crippen molar-refractivity contribution >= 4 is 45.7 Å². The lowest BCUT2D eigenvalue weighted by molar-refractivity contribution is -0.167. The summed E-state index contributed by atoms with van der Waals surface area (Å²) in [4.78, 5) is 26.2. The Hall–Kier alpha value is -3.00. The lowest BCUT2D eigenvalue weighted by Crippen LogP contribution is -2.29. The molecule has 0 atom stereocenters. The Morgan fingerprint density at radius 1 is 1.00 bits per heavy atom. The number of aromatic nitrogens is 1. The first-order valence-corrected chi connectivity index (χ1v) is 8.14. The number of anilines is 2. The van der Waals surface area contributed by atoms with Gasteiger partial charge in [-0.2, -0.15) is 13.2 Å². The molecule has 5 nitrogen and oxygen atoms in total. The number of H-pyrrole nitrogens is 1. The summed E-state index contributed by atoms with van der Waals surface area (Å²) < 4.78 is 36.7. The van der Waals surface area contributed by atoms with Crippen LogP contribution in [0, 0.1) is 0 Å². The van der Waals surface area contributed by atoms with E-state index in [4.69, 9.17) is 11.6 Å². The van der Waals surface area contributed by atoms with Crippen molar-refractivity contribution in [1.29, 1.82) is 0 Å². The van der Waals surface area contributed by atoms with Gasteiger partial charge in [0.25, 0.3) is 0 Å². The molecule has 0 unspecified atom stereocenters. The number of carbonyl (C=O) groups is 2. The SMILES string of the molecule is O=C(Cc1c[nH]c2ccc(Cl)cc12)Nc1ccc(NC(=O)C(F)(F)F)cc1. The van der Waals surface area contributed by atoms with Crippen LogP contribution >= 0.6 is 11.6 Å². The largest absolute Gasteiger partial charge is 0.471 e. The average Bonchev–Trinajstić information content (AvgIpc) is 2.97. The van der Waals surface area contributed by atoms with Gasteiger partial charge in [0, 0.05) is 33.5 Å². The van der Waals surface area contributed by atoms with Gasteiger partial charge < -0.3 is 15.6 Å². The first kappa shape index (κ1) is 18.8. The van der Waals surface area contributed by atoms with Crippen LogP contribution in [0.15, 0.2) is 48.7 Å². The minimum absolute atomic E-state index is 0.0263. The average molecular weight is 396 g/mol. The van der Waals surface area contributed by atoms with Crippen molar-refractivity contribution in [2.24, 2.45) is 0 Å². The van der Waals surface area contributed by atoms with Gasteiger partial charge in [0.15, 0.2) is 0 Å². The molecular formula is C18H13ClF3N3O2. The molecule has 0 bridgehead atoms. The quantitative estimate of drug-likeness (QED) is 0.608. The molecule has 1 heterocycles. The first-order valence-electron chi connectivity index (χ1n) is 7.76. The number of halogens is 4. The minimum atomic E-state index is -4.96. The Morgan fingerprint density at radius 2 is 1.63 bits per heavy atom. The molecule has 0 radical (unpaired) electrons. The van der Waals surface area contributed by atoms with E-state index < -0.39 is 12.1 Å². The predicted molar refractivity (Wildman–Crippen MR) is 96.8 cm³/mol. The van der Waals surface area contributed by atoms with Gasteiger partial charge >= 0.3 is 12.1 Å². The third-order valence-electron chi connectivity index (χ3n) is 3.76. The highest BCUT2D eigenvalue weighted by Crippen LogP contribution is 2.23. The van der Waals surface area contributed by atoms with E-state index >= 15 is 0 Å². The summed E-state index contributed by atoms with van der Waals surface area (Å²) in [5.74, 6) is -2.36. The van der Waals surface area contributed by atoms with E-state index in [-0.39, 0.29) is 18.0 Å². The number of hydrogen-bond donors (Lipinski definition) is 3. The molecule has 0 saturated carbocycles. The fraction of sp³-hybridized carbons (Fsp3) is 0.111. The molecule has 0 aliphatic carbocycles. The van der Waals surface area contributed by atoms with Crippen molar-refractivity contribution in [2.75, 3.05) is 10.6 Å². The molecular weight excluding hydrogens is 383 g/mol. The van der Waals surface area contributed by atoms with Crippen LogP contribution in [-0.4, -0.2) is 23.0 Å². The number of rotatable bonds is 4. The van der Waals surface area contributed by atoms with E-state index in [9.17, 15) is 22.8 Å². The number of amides is 2. The molecule has 0 fully saturated rings. The molecule has 0 aliphatic rings. The number of alkyl halides is 3. The van der Waals surface area contributed by atoms with E-state index in [1.54, 1.807) is 23.6 Å². The summed E-state index contributed by atoms with van der Waals surface area (Å²) in [7, 11) is 0. The zero-order valence-corrected chi connectivity index (χ0v) is 14.4. The molecule has 0 aliphatic heterocycles. The molecule has 2 aromatic carbocycles. The van der Waals surface area contributed by atoms with Gasteiger partial charge in [0.1, 0.15) is 0 Å². The molecule has 3 aromatic rings. The van der Waals surface area contributed by atoms with Gasteiger partial charge in [-0.25, -0.2) is 0 Å². The maximum absolute atomic E-state index is 12.2. The second kappa shape index (κ2) is 7.32. The van der Waals surface area contributed by atoms with Crippen LogP contribution in [0.1, 0.15) is 5.56 Å². The summed E-state index contributed by atoms with van der Waals surface area (Å²) in [6.07, 6.45) is -3.15. The van der Waals surface area contributed by atoms with Gasteiger partial charge in [-0.3, -0.25) is 9.59 Å². The minimum Gasteiger partial charge on any atom is -0.361 e. The second-order valence-electron chi connectivity index (χ2n) is 5.76. The molecule has 140 valence electrons. The van der Waals surface area contributed by atoms with Crippen LogP contribution in [-0.2, 0) is 16.0 Å². The van der Waals surface area contributed by atoms with Crippen LogP contribution in [0.4, 0.5) is 24.5 Å². The van der Waals surface area contributed by atoms with Crippen LogP contribution in [0.2, 0.25) is 5.02 Å². The molecule has 2 amide bonds.